The van der Waals surface area contributed by atoms with E-state index < -0.39 is 6.04 Å². The van der Waals surface area contributed by atoms with Gasteiger partial charge >= 0.3 is 0 Å². The predicted molar refractivity (Wildman–Crippen MR) is 119 cm³/mol. The third-order valence-electron chi connectivity index (χ3n) is 5.41. The van der Waals surface area contributed by atoms with E-state index in [0.29, 0.717) is 36.6 Å². The summed E-state index contributed by atoms with van der Waals surface area (Å²) in [7, 11) is 0. The number of hydrogen-bond donors (Lipinski definition) is 3. The molecule has 3 amide bonds. The van der Waals surface area contributed by atoms with Gasteiger partial charge < -0.3 is 20.6 Å². The van der Waals surface area contributed by atoms with Crippen LogP contribution in [0.4, 0.5) is 5.69 Å². The van der Waals surface area contributed by atoms with E-state index in [0.717, 1.165) is 5.56 Å². The number of nitrogens with one attached hydrogen (secondary N) is 2. The summed E-state index contributed by atoms with van der Waals surface area (Å²) < 4.78 is 0. The Balaban J connectivity index is 1.56. The van der Waals surface area contributed by atoms with Crippen LogP contribution in [0.15, 0.2) is 48.5 Å². The van der Waals surface area contributed by atoms with Crippen LogP contribution in [0, 0.1) is 5.92 Å². The first-order chi connectivity index (χ1) is 14.8. The molecule has 164 valence electrons. The van der Waals surface area contributed by atoms with E-state index in [9.17, 15) is 19.5 Å². The van der Waals surface area contributed by atoms with Crippen LogP contribution < -0.4 is 10.6 Å². The van der Waals surface area contributed by atoms with Crippen molar-refractivity contribution in [2.45, 2.75) is 32.2 Å². The Morgan fingerprint density at radius 2 is 1.74 bits per heavy atom. The van der Waals surface area contributed by atoms with Crippen LogP contribution in [0.3, 0.4) is 0 Å². The van der Waals surface area contributed by atoms with Crippen molar-refractivity contribution in [1.29, 1.82) is 0 Å². The number of phenolic OH excluding ortho intramolecular Hbond substituents is 1. The lowest BCUT2D eigenvalue weighted by molar-refractivity contribution is -0.135. The molecular weight excluding hydrogens is 418 g/mol. The van der Waals surface area contributed by atoms with Gasteiger partial charge in [0.15, 0.2) is 0 Å². The highest BCUT2D eigenvalue weighted by Gasteiger charge is 2.29. The van der Waals surface area contributed by atoms with Gasteiger partial charge in [-0.3, -0.25) is 14.4 Å². The number of piperidine rings is 1. The molecule has 0 radical (unpaired) electrons. The lowest BCUT2D eigenvalue weighted by Crippen LogP contribution is -2.43. The van der Waals surface area contributed by atoms with Crippen LogP contribution in [0.1, 0.15) is 37.8 Å². The lowest BCUT2D eigenvalue weighted by Gasteiger charge is -2.32. The fourth-order valence-corrected chi connectivity index (χ4v) is 3.83. The molecule has 1 fully saturated rings. The van der Waals surface area contributed by atoms with Crippen LogP contribution in [-0.2, 0) is 14.4 Å². The highest BCUT2D eigenvalue weighted by atomic mass is 35.5. The van der Waals surface area contributed by atoms with E-state index in [1.807, 2.05) is 0 Å². The van der Waals surface area contributed by atoms with E-state index in [1.165, 1.54) is 13.0 Å². The SMILES string of the molecule is CC(=O)NC(CC(=O)N1CCC(C(=O)Nc2ccccc2O)CC1)c1ccc(Cl)cc1. The van der Waals surface area contributed by atoms with Crippen molar-refractivity contribution >= 4 is 35.0 Å². The van der Waals surface area contributed by atoms with Gasteiger partial charge in [0, 0.05) is 31.0 Å². The largest absolute Gasteiger partial charge is 0.506 e. The fraction of sp³-hybridized carbons (Fsp3) is 0.348. The maximum Gasteiger partial charge on any atom is 0.227 e. The summed E-state index contributed by atoms with van der Waals surface area (Å²) in [5.74, 6) is -0.660. The van der Waals surface area contributed by atoms with Crippen LogP contribution in [0.25, 0.3) is 0 Å². The first-order valence-electron chi connectivity index (χ1n) is 10.2. The molecule has 1 saturated heterocycles. The number of hydrogen-bond acceptors (Lipinski definition) is 4. The molecule has 7 nitrogen and oxygen atoms in total. The monoisotopic (exact) mass is 443 g/mol. The molecule has 0 bridgehead atoms. The molecule has 0 saturated carbocycles. The highest BCUT2D eigenvalue weighted by molar-refractivity contribution is 6.30. The zero-order chi connectivity index (χ0) is 22.4. The zero-order valence-electron chi connectivity index (χ0n) is 17.3. The Bertz CT molecular complexity index is 940. The van der Waals surface area contributed by atoms with E-state index in [-0.39, 0.29) is 35.8 Å². The summed E-state index contributed by atoms with van der Waals surface area (Å²) in [6.45, 7) is 2.35. The number of nitrogens with zero attached hydrogens (tertiary/aromatic N) is 1. The Kier molecular flexibility index (Phi) is 7.52. The number of amides is 3. The number of para-hydroxylation sites is 2. The molecule has 1 aliphatic heterocycles. The molecule has 0 aromatic heterocycles. The number of halogens is 1. The number of likely N-dealkylation sites (tertiary alicyclic amines) is 1. The number of aromatic hydroxyl groups is 1. The van der Waals surface area contributed by atoms with Gasteiger partial charge in [-0.2, -0.15) is 0 Å². The molecule has 0 aliphatic carbocycles. The Labute approximate surface area is 186 Å². The quantitative estimate of drug-likeness (QED) is 0.595. The average molecular weight is 444 g/mol. The topological polar surface area (TPSA) is 98.7 Å². The molecule has 8 heteroatoms. The molecule has 1 atom stereocenters. The number of benzene rings is 2. The Morgan fingerprint density at radius 1 is 1.10 bits per heavy atom. The number of phenols is 1. The normalized spacial score (nSPS) is 15.2. The summed E-state index contributed by atoms with van der Waals surface area (Å²) in [4.78, 5) is 38.7. The molecule has 0 spiro atoms. The second-order valence-electron chi connectivity index (χ2n) is 7.67. The number of rotatable bonds is 6. The van der Waals surface area contributed by atoms with Crippen molar-refractivity contribution in [3.8, 4) is 5.75 Å². The molecule has 1 heterocycles. The zero-order valence-corrected chi connectivity index (χ0v) is 18.1. The molecule has 3 N–H and O–H groups in total. The standard InChI is InChI=1S/C23H26ClN3O4/c1-15(28)25-20(16-6-8-18(24)9-7-16)14-22(30)27-12-10-17(11-13-27)23(31)26-19-4-2-3-5-21(19)29/h2-9,17,20,29H,10-14H2,1H3,(H,25,28)(H,26,31). The average Bonchev–Trinajstić information content (AvgIpc) is 2.75. The van der Waals surface area contributed by atoms with Gasteiger partial charge in [-0.15, -0.1) is 0 Å². The maximum atomic E-state index is 12.9. The number of carbonyl (C=O) groups excluding carboxylic acids is 3. The van der Waals surface area contributed by atoms with E-state index in [4.69, 9.17) is 11.6 Å². The van der Waals surface area contributed by atoms with Gasteiger partial charge in [-0.25, -0.2) is 0 Å². The van der Waals surface area contributed by atoms with E-state index in [2.05, 4.69) is 10.6 Å². The minimum atomic E-state index is -0.440. The molecule has 31 heavy (non-hydrogen) atoms. The molecular formula is C23H26ClN3O4. The van der Waals surface area contributed by atoms with E-state index >= 15 is 0 Å². The lowest BCUT2D eigenvalue weighted by atomic mass is 9.95. The Hall–Kier alpha value is -3.06. The smallest absolute Gasteiger partial charge is 0.227 e. The summed E-state index contributed by atoms with van der Waals surface area (Å²) >= 11 is 5.94. The van der Waals surface area contributed by atoms with Crippen LogP contribution in [0.2, 0.25) is 5.02 Å². The van der Waals surface area contributed by atoms with Crippen LogP contribution in [-0.4, -0.2) is 40.8 Å². The minimum absolute atomic E-state index is 0.0228. The summed E-state index contributed by atoms with van der Waals surface area (Å²) in [6.07, 6.45) is 1.21. The van der Waals surface area contributed by atoms with Crippen LogP contribution in [0.5, 0.6) is 5.75 Å². The first-order valence-corrected chi connectivity index (χ1v) is 10.6. The summed E-state index contributed by atoms with van der Waals surface area (Å²) in [5.41, 5.74) is 1.19. The maximum absolute atomic E-state index is 12.9. The third kappa shape index (κ3) is 6.21. The highest BCUT2D eigenvalue weighted by Crippen LogP contribution is 2.26. The summed E-state index contributed by atoms with van der Waals surface area (Å²) in [6, 6.07) is 13.2. The van der Waals surface area contributed by atoms with Crippen molar-refractivity contribution in [3.63, 3.8) is 0 Å². The molecule has 1 aliphatic rings. The fourth-order valence-electron chi connectivity index (χ4n) is 3.70. The molecule has 3 rings (SSSR count). The van der Waals surface area contributed by atoms with Gasteiger partial charge in [0.1, 0.15) is 5.75 Å². The Morgan fingerprint density at radius 3 is 2.35 bits per heavy atom. The van der Waals surface area contributed by atoms with Crippen molar-refractivity contribution < 1.29 is 19.5 Å². The second-order valence-corrected chi connectivity index (χ2v) is 8.11. The first kappa shape index (κ1) is 22.6. The van der Waals surface area contributed by atoms with Crippen molar-refractivity contribution in [2.24, 2.45) is 5.92 Å². The molecule has 2 aromatic carbocycles. The molecule has 1 unspecified atom stereocenters. The predicted octanol–water partition coefficient (Wildman–Crippen LogP) is 3.49. The van der Waals surface area contributed by atoms with E-state index in [1.54, 1.807) is 47.4 Å². The van der Waals surface area contributed by atoms with Crippen molar-refractivity contribution in [1.82, 2.24) is 10.2 Å². The summed E-state index contributed by atoms with van der Waals surface area (Å²) in [5, 5.41) is 16.0. The van der Waals surface area contributed by atoms with Crippen LogP contribution >= 0.6 is 11.6 Å². The van der Waals surface area contributed by atoms with Gasteiger partial charge in [0.05, 0.1) is 18.2 Å². The second kappa shape index (κ2) is 10.3. The molecule has 2 aromatic rings. The van der Waals surface area contributed by atoms with Gasteiger partial charge in [-0.05, 0) is 42.7 Å². The van der Waals surface area contributed by atoms with Gasteiger partial charge in [0.25, 0.3) is 0 Å². The van der Waals surface area contributed by atoms with Gasteiger partial charge in [0.2, 0.25) is 17.7 Å². The van der Waals surface area contributed by atoms with Crippen molar-refractivity contribution in [3.05, 3.63) is 59.1 Å². The minimum Gasteiger partial charge on any atom is -0.506 e. The van der Waals surface area contributed by atoms with Gasteiger partial charge in [-0.1, -0.05) is 35.9 Å². The third-order valence-corrected chi connectivity index (χ3v) is 5.66. The number of carbonyl (C=O) groups is 3. The van der Waals surface area contributed by atoms with Crippen molar-refractivity contribution in [2.75, 3.05) is 18.4 Å². The number of anilines is 1.